The van der Waals surface area contributed by atoms with E-state index in [-0.39, 0.29) is 22.9 Å². The molecule has 194 valence electrons. The third kappa shape index (κ3) is 6.34. The second kappa shape index (κ2) is 12.3. The minimum Gasteiger partial charge on any atom is -0.493 e. The molecule has 1 N–H and O–H groups in total. The van der Waals surface area contributed by atoms with E-state index in [9.17, 15) is 9.59 Å². The van der Waals surface area contributed by atoms with Crippen molar-refractivity contribution in [2.75, 3.05) is 20.8 Å². The third-order valence-corrected chi connectivity index (χ3v) is 5.92. The maximum absolute atomic E-state index is 13.0. The Labute approximate surface area is 228 Å². The molecule has 0 radical (unpaired) electrons. The number of hydrazone groups is 1. The van der Waals surface area contributed by atoms with Gasteiger partial charge in [-0.1, -0.05) is 53.5 Å². The Kier molecular flexibility index (Phi) is 8.68. The summed E-state index contributed by atoms with van der Waals surface area (Å²) in [7, 11) is 2.99. The van der Waals surface area contributed by atoms with Crippen molar-refractivity contribution in [1.29, 1.82) is 0 Å². The van der Waals surface area contributed by atoms with E-state index < -0.39 is 11.9 Å². The highest BCUT2D eigenvalue weighted by Crippen LogP contribution is 2.30. The lowest BCUT2D eigenvalue weighted by Gasteiger charge is -2.12. The van der Waals surface area contributed by atoms with Gasteiger partial charge in [0.15, 0.2) is 18.1 Å². The van der Waals surface area contributed by atoms with E-state index in [1.165, 1.54) is 32.6 Å². The number of methoxy groups -OCH3 is 2. The highest BCUT2D eigenvalue weighted by atomic mass is 35.5. The first kappa shape index (κ1) is 26.8. The molecule has 0 bridgehead atoms. The molecule has 0 fully saturated rings. The van der Waals surface area contributed by atoms with Crippen molar-refractivity contribution >= 4 is 52.1 Å². The first-order chi connectivity index (χ1) is 18.4. The van der Waals surface area contributed by atoms with Gasteiger partial charge in [-0.3, -0.25) is 4.79 Å². The largest absolute Gasteiger partial charge is 0.493 e. The van der Waals surface area contributed by atoms with Gasteiger partial charge in [0, 0.05) is 10.6 Å². The van der Waals surface area contributed by atoms with Crippen molar-refractivity contribution in [2.45, 2.75) is 0 Å². The van der Waals surface area contributed by atoms with E-state index in [2.05, 4.69) is 10.5 Å². The van der Waals surface area contributed by atoms with E-state index in [0.717, 1.165) is 10.8 Å². The number of nitrogens with one attached hydrogen (secondary N) is 1. The third-order valence-electron chi connectivity index (χ3n) is 5.39. The van der Waals surface area contributed by atoms with Crippen LogP contribution < -0.4 is 24.4 Å². The first-order valence-electron chi connectivity index (χ1n) is 11.3. The first-order valence-corrected chi connectivity index (χ1v) is 12.0. The number of benzene rings is 4. The van der Waals surface area contributed by atoms with Gasteiger partial charge in [0.05, 0.1) is 31.0 Å². The smallest absolute Gasteiger partial charge is 0.343 e. The quantitative estimate of drug-likeness (QED) is 0.120. The molecule has 4 aromatic rings. The van der Waals surface area contributed by atoms with Gasteiger partial charge in [0.1, 0.15) is 11.5 Å². The zero-order chi connectivity index (χ0) is 27.1. The van der Waals surface area contributed by atoms with Gasteiger partial charge in [-0.2, -0.15) is 5.10 Å². The molecule has 0 aliphatic carbocycles. The lowest BCUT2D eigenvalue weighted by molar-refractivity contribution is -0.123. The van der Waals surface area contributed by atoms with Crippen LogP contribution in [0.4, 0.5) is 0 Å². The van der Waals surface area contributed by atoms with Crippen LogP contribution in [0.1, 0.15) is 15.9 Å². The van der Waals surface area contributed by atoms with Crippen LogP contribution in [0.3, 0.4) is 0 Å². The van der Waals surface area contributed by atoms with Crippen LogP contribution in [0.15, 0.2) is 77.9 Å². The molecular weight excluding hydrogens is 531 g/mol. The molecule has 4 rings (SSSR count). The van der Waals surface area contributed by atoms with Gasteiger partial charge in [-0.25, -0.2) is 10.2 Å². The molecule has 1 amide bonds. The predicted molar refractivity (Wildman–Crippen MR) is 146 cm³/mol. The van der Waals surface area contributed by atoms with Crippen molar-refractivity contribution in [2.24, 2.45) is 5.10 Å². The lowest BCUT2D eigenvalue weighted by atomic mass is 10.0. The molecule has 0 aromatic heterocycles. The molecule has 0 saturated carbocycles. The zero-order valence-electron chi connectivity index (χ0n) is 20.4. The predicted octanol–water partition coefficient (Wildman–Crippen LogP) is 5.91. The van der Waals surface area contributed by atoms with Gasteiger partial charge in [0.2, 0.25) is 0 Å². The Morgan fingerprint density at radius 1 is 0.868 bits per heavy atom. The van der Waals surface area contributed by atoms with Gasteiger partial charge in [-0.05, 0) is 53.2 Å². The van der Waals surface area contributed by atoms with Gasteiger partial charge in [0.25, 0.3) is 5.91 Å². The SMILES string of the molecule is COc1ccc(C(=O)Oc2ccc3ccccc3c2/C=N\NC(=O)COc2ccc(Cl)cc2Cl)cc1OC. The molecule has 0 aliphatic heterocycles. The van der Waals surface area contributed by atoms with Gasteiger partial charge >= 0.3 is 5.97 Å². The normalized spacial score (nSPS) is 10.8. The Morgan fingerprint density at radius 2 is 1.61 bits per heavy atom. The fraction of sp³-hybridized carbons (Fsp3) is 0.107. The van der Waals surface area contributed by atoms with Gasteiger partial charge < -0.3 is 18.9 Å². The van der Waals surface area contributed by atoms with Crippen LogP contribution in [0.5, 0.6) is 23.0 Å². The summed E-state index contributed by atoms with van der Waals surface area (Å²) < 4.78 is 21.6. The molecule has 4 aromatic carbocycles. The maximum atomic E-state index is 13.0. The number of rotatable bonds is 9. The number of amides is 1. The standard InChI is InChI=1S/C28H22Cl2N2O6/c1-35-25-11-8-18(13-26(25)36-2)28(34)38-23-10-7-17-5-3-4-6-20(17)21(23)15-31-32-27(33)16-37-24-12-9-19(29)14-22(24)30/h3-15H,16H2,1-2H3,(H,32,33)/b31-15-. The minimum atomic E-state index is -0.604. The summed E-state index contributed by atoms with van der Waals surface area (Å²) in [6.45, 7) is -0.324. The fourth-order valence-corrected chi connectivity index (χ4v) is 4.02. The molecule has 0 spiro atoms. The molecule has 8 nitrogen and oxygen atoms in total. The molecular formula is C28H22Cl2N2O6. The number of nitrogens with zero attached hydrogens (tertiary/aromatic N) is 1. The van der Waals surface area contributed by atoms with Crippen molar-refractivity contribution in [3.63, 3.8) is 0 Å². The lowest BCUT2D eigenvalue weighted by Crippen LogP contribution is -2.24. The molecule has 10 heteroatoms. The summed E-state index contributed by atoms with van der Waals surface area (Å²) in [4.78, 5) is 25.2. The summed E-state index contributed by atoms with van der Waals surface area (Å²) in [6, 6.07) is 20.4. The van der Waals surface area contributed by atoms with Gasteiger partial charge in [-0.15, -0.1) is 0 Å². The molecule has 0 unspecified atom stereocenters. The molecule has 0 atom stereocenters. The topological polar surface area (TPSA) is 95.5 Å². The van der Waals surface area contributed by atoms with Crippen LogP contribution in [-0.2, 0) is 4.79 Å². The van der Waals surface area contributed by atoms with Crippen LogP contribution >= 0.6 is 23.2 Å². The van der Waals surface area contributed by atoms with Crippen molar-refractivity contribution < 1.29 is 28.5 Å². The van der Waals surface area contributed by atoms with E-state index >= 15 is 0 Å². The van der Waals surface area contributed by atoms with Crippen molar-refractivity contribution in [3.05, 3.63) is 94.0 Å². The Bertz CT molecular complexity index is 1520. The average Bonchev–Trinajstić information content (AvgIpc) is 2.93. The number of hydrogen-bond donors (Lipinski definition) is 1. The number of carbonyl (C=O) groups is 2. The summed E-state index contributed by atoms with van der Waals surface area (Å²) in [5.74, 6) is 0.330. The minimum absolute atomic E-state index is 0.255. The number of fused-ring (bicyclic) bond motifs is 1. The van der Waals surface area contributed by atoms with Crippen LogP contribution in [0, 0.1) is 0 Å². The molecule has 38 heavy (non-hydrogen) atoms. The van der Waals surface area contributed by atoms with Crippen LogP contribution in [0.25, 0.3) is 10.8 Å². The second-order valence-electron chi connectivity index (χ2n) is 7.81. The molecule has 0 aliphatic rings. The van der Waals surface area contributed by atoms with Crippen LogP contribution in [-0.4, -0.2) is 38.9 Å². The Hall–Kier alpha value is -4.27. The number of esters is 1. The highest BCUT2D eigenvalue weighted by molar-refractivity contribution is 6.35. The van der Waals surface area contributed by atoms with Crippen molar-refractivity contribution in [3.8, 4) is 23.0 Å². The van der Waals surface area contributed by atoms with E-state index in [1.54, 1.807) is 30.3 Å². The van der Waals surface area contributed by atoms with E-state index in [1.807, 2.05) is 30.3 Å². The summed E-state index contributed by atoms with van der Waals surface area (Å²) in [5, 5.41) is 6.45. The number of ether oxygens (including phenoxy) is 4. The zero-order valence-corrected chi connectivity index (χ0v) is 21.9. The Morgan fingerprint density at radius 3 is 2.37 bits per heavy atom. The van der Waals surface area contributed by atoms with E-state index in [0.29, 0.717) is 27.8 Å². The molecule has 0 saturated heterocycles. The second-order valence-corrected chi connectivity index (χ2v) is 8.66. The number of carbonyl (C=O) groups excluding carboxylic acids is 2. The summed E-state index contributed by atoms with van der Waals surface area (Å²) in [6.07, 6.45) is 1.41. The van der Waals surface area contributed by atoms with Crippen LogP contribution in [0.2, 0.25) is 10.0 Å². The Balaban J connectivity index is 1.52. The van der Waals surface area contributed by atoms with Crippen molar-refractivity contribution in [1.82, 2.24) is 5.43 Å². The fourth-order valence-electron chi connectivity index (χ4n) is 3.56. The summed E-state index contributed by atoms with van der Waals surface area (Å²) >= 11 is 11.9. The number of hydrogen-bond acceptors (Lipinski definition) is 7. The molecule has 0 heterocycles. The monoisotopic (exact) mass is 552 g/mol. The van der Waals surface area contributed by atoms with E-state index in [4.69, 9.17) is 42.1 Å². The maximum Gasteiger partial charge on any atom is 0.343 e. The summed E-state index contributed by atoms with van der Waals surface area (Å²) in [5.41, 5.74) is 3.17. The average molecular weight is 553 g/mol. The highest BCUT2D eigenvalue weighted by Gasteiger charge is 2.16. The number of halogens is 2.